The molecule has 0 saturated heterocycles. The number of fused-ring (bicyclic) bond motifs is 1. The Morgan fingerprint density at radius 1 is 1.38 bits per heavy atom. The first-order chi connectivity index (χ1) is 9.90. The molecule has 1 aliphatic carbocycles. The van der Waals surface area contributed by atoms with E-state index < -0.39 is 0 Å². The van der Waals surface area contributed by atoms with E-state index in [-0.39, 0.29) is 11.3 Å². The number of hydrogen-bond donors (Lipinski definition) is 1. The molecule has 4 heteroatoms. The number of nitrogens with two attached hydrogens (primary N) is 1. The van der Waals surface area contributed by atoms with E-state index in [0.717, 1.165) is 28.3 Å². The van der Waals surface area contributed by atoms with E-state index in [0.29, 0.717) is 12.6 Å². The molecular formula is C17H24ClN3. The van der Waals surface area contributed by atoms with Crippen LogP contribution in [-0.2, 0) is 0 Å². The fourth-order valence-corrected chi connectivity index (χ4v) is 3.39. The largest absolute Gasteiger partial charge is 0.330 e. The number of benzene rings is 1. The molecule has 2 N–H and O–H groups in total. The van der Waals surface area contributed by atoms with Gasteiger partial charge in [0.25, 0.3) is 0 Å². The fourth-order valence-electron chi connectivity index (χ4n) is 3.13. The van der Waals surface area contributed by atoms with Crippen LogP contribution in [0.5, 0.6) is 0 Å². The highest BCUT2D eigenvalue weighted by Gasteiger charge is 2.32. The second-order valence-electron chi connectivity index (χ2n) is 7.38. The van der Waals surface area contributed by atoms with Gasteiger partial charge in [0.1, 0.15) is 5.82 Å². The lowest BCUT2D eigenvalue weighted by molar-refractivity contribution is 0.332. The monoisotopic (exact) mass is 305 g/mol. The quantitative estimate of drug-likeness (QED) is 0.903. The molecule has 1 heterocycles. The van der Waals surface area contributed by atoms with Crippen molar-refractivity contribution in [2.24, 2.45) is 11.1 Å². The summed E-state index contributed by atoms with van der Waals surface area (Å²) in [5.41, 5.74) is 8.40. The summed E-state index contributed by atoms with van der Waals surface area (Å²) in [5, 5.41) is 0.796. The van der Waals surface area contributed by atoms with E-state index in [4.69, 9.17) is 22.3 Å². The second-order valence-corrected chi connectivity index (χ2v) is 7.78. The van der Waals surface area contributed by atoms with Crippen LogP contribution in [0.3, 0.4) is 0 Å². The third-order valence-corrected chi connectivity index (χ3v) is 4.41. The first kappa shape index (κ1) is 14.9. The lowest BCUT2D eigenvalue weighted by Gasteiger charge is -2.25. The molecule has 1 unspecified atom stereocenters. The normalized spacial score (nSPS) is 17.4. The first-order valence-corrected chi connectivity index (χ1v) is 8.15. The molecule has 1 saturated carbocycles. The van der Waals surface area contributed by atoms with Crippen LogP contribution in [0.25, 0.3) is 11.0 Å². The van der Waals surface area contributed by atoms with Gasteiger partial charge in [-0.2, -0.15) is 0 Å². The van der Waals surface area contributed by atoms with Crippen LogP contribution in [-0.4, -0.2) is 16.1 Å². The highest BCUT2D eigenvalue weighted by atomic mass is 35.5. The smallest absolute Gasteiger partial charge is 0.114 e. The SMILES string of the molecule is CC(C)(C)CC(CN)c1nc2cccc(Cl)c2n1C1CC1. The standard InChI is InChI=1S/C17H24ClN3/c1-17(2,3)9-11(10-19)16-20-14-6-4-5-13(18)15(14)21(16)12-7-8-12/h4-6,11-12H,7-10,19H2,1-3H3. The predicted octanol–water partition coefficient (Wildman–Crippen LogP) is 4.50. The molecule has 0 bridgehead atoms. The fraction of sp³-hybridized carbons (Fsp3) is 0.588. The predicted molar refractivity (Wildman–Crippen MR) is 88.9 cm³/mol. The highest BCUT2D eigenvalue weighted by molar-refractivity contribution is 6.35. The maximum Gasteiger partial charge on any atom is 0.114 e. The molecule has 1 fully saturated rings. The molecule has 2 aromatic rings. The van der Waals surface area contributed by atoms with Crippen LogP contribution in [0.4, 0.5) is 0 Å². The van der Waals surface area contributed by atoms with Crippen LogP contribution >= 0.6 is 11.6 Å². The molecule has 0 spiro atoms. The molecule has 21 heavy (non-hydrogen) atoms. The van der Waals surface area contributed by atoms with Crippen molar-refractivity contribution in [3.8, 4) is 0 Å². The molecule has 1 aliphatic rings. The molecule has 1 atom stereocenters. The van der Waals surface area contributed by atoms with Crippen molar-refractivity contribution >= 4 is 22.6 Å². The van der Waals surface area contributed by atoms with Gasteiger partial charge in [-0.15, -0.1) is 0 Å². The second kappa shape index (κ2) is 5.29. The van der Waals surface area contributed by atoms with Gasteiger partial charge in [0, 0.05) is 18.5 Å². The number of rotatable bonds is 4. The Kier molecular flexibility index (Phi) is 3.74. The van der Waals surface area contributed by atoms with E-state index in [1.165, 1.54) is 12.8 Å². The van der Waals surface area contributed by atoms with Crippen molar-refractivity contribution in [3.63, 3.8) is 0 Å². The van der Waals surface area contributed by atoms with Crippen LogP contribution < -0.4 is 5.73 Å². The molecule has 114 valence electrons. The summed E-state index contributed by atoms with van der Waals surface area (Å²) in [6, 6.07) is 6.53. The van der Waals surface area contributed by atoms with Gasteiger partial charge in [0.2, 0.25) is 0 Å². The van der Waals surface area contributed by atoms with Crippen molar-refractivity contribution < 1.29 is 0 Å². The molecule has 0 amide bonds. The molecule has 3 rings (SSSR count). The Labute approximate surface area is 131 Å². The van der Waals surface area contributed by atoms with Crippen LogP contribution in [0.15, 0.2) is 18.2 Å². The lowest BCUT2D eigenvalue weighted by Crippen LogP contribution is -2.22. The van der Waals surface area contributed by atoms with Gasteiger partial charge < -0.3 is 10.3 Å². The van der Waals surface area contributed by atoms with Crippen molar-refractivity contribution in [3.05, 3.63) is 29.0 Å². The van der Waals surface area contributed by atoms with E-state index in [1.807, 2.05) is 18.2 Å². The number of halogens is 1. The van der Waals surface area contributed by atoms with E-state index in [2.05, 4.69) is 25.3 Å². The van der Waals surface area contributed by atoms with Gasteiger partial charge in [-0.05, 0) is 36.8 Å². The zero-order chi connectivity index (χ0) is 15.2. The summed E-state index contributed by atoms with van der Waals surface area (Å²) in [6.45, 7) is 7.40. The number of imidazole rings is 1. The van der Waals surface area contributed by atoms with Crippen LogP contribution in [0, 0.1) is 5.41 Å². The van der Waals surface area contributed by atoms with Gasteiger partial charge in [-0.25, -0.2) is 4.98 Å². The Morgan fingerprint density at radius 3 is 2.67 bits per heavy atom. The first-order valence-electron chi connectivity index (χ1n) is 7.77. The Hall–Kier alpha value is -1.06. The summed E-state index contributed by atoms with van der Waals surface area (Å²) in [4.78, 5) is 4.89. The summed E-state index contributed by atoms with van der Waals surface area (Å²) in [5.74, 6) is 1.41. The van der Waals surface area contributed by atoms with Gasteiger partial charge in [0.05, 0.1) is 16.1 Å². The molecule has 0 aliphatic heterocycles. The average Bonchev–Trinajstić information content (AvgIpc) is 3.16. The van der Waals surface area contributed by atoms with Crippen LogP contribution in [0.2, 0.25) is 5.02 Å². The van der Waals surface area contributed by atoms with E-state index >= 15 is 0 Å². The number of hydrogen-bond acceptors (Lipinski definition) is 2. The maximum absolute atomic E-state index is 6.44. The summed E-state index contributed by atoms with van der Waals surface area (Å²) >= 11 is 6.44. The number of nitrogens with zero attached hydrogens (tertiary/aromatic N) is 2. The topological polar surface area (TPSA) is 43.8 Å². The minimum absolute atomic E-state index is 0.236. The summed E-state index contributed by atoms with van der Waals surface area (Å²) in [6.07, 6.45) is 3.48. The maximum atomic E-state index is 6.44. The Morgan fingerprint density at radius 2 is 2.10 bits per heavy atom. The van der Waals surface area contributed by atoms with Crippen LogP contribution in [0.1, 0.15) is 57.8 Å². The van der Waals surface area contributed by atoms with Gasteiger partial charge in [-0.3, -0.25) is 0 Å². The zero-order valence-corrected chi connectivity index (χ0v) is 13.8. The molecule has 1 aromatic carbocycles. The van der Waals surface area contributed by atoms with Crippen molar-refractivity contribution in [1.29, 1.82) is 0 Å². The van der Waals surface area contributed by atoms with Gasteiger partial charge >= 0.3 is 0 Å². The minimum Gasteiger partial charge on any atom is -0.330 e. The highest BCUT2D eigenvalue weighted by Crippen LogP contribution is 2.43. The number of aromatic nitrogens is 2. The molecule has 3 nitrogen and oxygen atoms in total. The van der Waals surface area contributed by atoms with E-state index in [1.54, 1.807) is 0 Å². The van der Waals surface area contributed by atoms with Crippen molar-refractivity contribution in [2.75, 3.05) is 6.54 Å². The van der Waals surface area contributed by atoms with Gasteiger partial charge in [-0.1, -0.05) is 38.4 Å². The van der Waals surface area contributed by atoms with E-state index in [9.17, 15) is 0 Å². The number of para-hydroxylation sites is 1. The Bertz CT molecular complexity index is 650. The lowest BCUT2D eigenvalue weighted by atomic mass is 9.84. The third kappa shape index (κ3) is 2.95. The summed E-state index contributed by atoms with van der Waals surface area (Å²) < 4.78 is 2.36. The zero-order valence-electron chi connectivity index (χ0n) is 13.1. The van der Waals surface area contributed by atoms with Crippen molar-refractivity contribution in [2.45, 2.75) is 52.0 Å². The van der Waals surface area contributed by atoms with Crippen molar-refractivity contribution in [1.82, 2.24) is 9.55 Å². The molecular weight excluding hydrogens is 282 g/mol. The molecule has 0 radical (unpaired) electrons. The Balaban J connectivity index is 2.12. The summed E-state index contributed by atoms with van der Waals surface area (Å²) in [7, 11) is 0. The average molecular weight is 306 g/mol. The molecule has 1 aromatic heterocycles. The third-order valence-electron chi connectivity index (χ3n) is 4.11. The van der Waals surface area contributed by atoms with Gasteiger partial charge in [0.15, 0.2) is 0 Å². The minimum atomic E-state index is 0.236.